The van der Waals surface area contributed by atoms with Gasteiger partial charge in [0.15, 0.2) is 0 Å². The first-order chi connectivity index (χ1) is 15.8. The maximum Gasteiger partial charge on any atom is 0.455 e. The fraction of sp³-hybridized carbons (Fsp3) is 0.269. The summed E-state index contributed by atoms with van der Waals surface area (Å²) >= 11 is 0. The normalized spacial score (nSPS) is 17.6. The molecule has 0 amide bonds. The molecule has 3 aromatic rings. The van der Waals surface area contributed by atoms with Gasteiger partial charge in [0, 0.05) is 36.1 Å². The van der Waals surface area contributed by atoms with E-state index < -0.39 is 11.9 Å². The third-order valence-electron chi connectivity index (χ3n) is 5.74. The smallest absolute Gasteiger partial charge is 0.452 e. The minimum atomic E-state index is -4.80. The highest BCUT2D eigenvalue weighted by Crippen LogP contribution is 2.48. The van der Waals surface area contributed by atoms with Gasteiger partial charge in [-0.15, -0.1) is 0 Å². The van der Waals surface area contributed by atoms with Crippen molar-refractivity contribution in [2.24, 2.45) is 4.99 Å². The largest absolute Gasteiger partial charge is 0.455 e. The lowest BCUT2D eigenvalue weighted by atomic mass is 9.98. The van der Waals surface area contributed by atoms with E-state index in [0.29, 0.717) is 11.3 Å². The number of anilines is 2. The third-order valence-corrected chi connectivity index (χ3v) is 5.74. The summed E-state index contributed by atoms with van der Waals surface area (Å²) in [5.74, 6) is 0.233. The topological polar surface area (TPSA) is 36.9 Å². The maximum absolute atomic E-state index is 14.7. The molecule has 172 valence electrons. The molecule has 0 saturated heterocycles. The molecule has 4 rings (SSSR count). The Kier molecular flexibility index (Phi) is 6.06. The number of alkyl halides is 3. The number of benzene rings is 3. The van der Waals surface area contributed by atoms with Gasteiger partial charge in [0.25, 0.3) is 0 Å². The lowest BCUT2D eigenvalue weighted by Gasteiger charge is -2.38. The maximum atomic E-state index is 14.7. The summed E-state index contributed by atoms with van der Waals surface area (Å²) in [4.78, 5) is 6.24. The molecule has 0 aliphatic carbocycles. The molecule has 0 bridgehead atoms. The number of para-hydroxylation sites is 1. The van der Waals surface area contributed by atoms with Crippen molar-refractivity contribution >= 4 is 17.2 Å². The molecule has 1 heterocycles. The van der Waals surface area contributed by atoms with Crippen LogP contribution in [0.1, 0.15) is 30.5 Å². The van der Waals surface area contributed by atoms with Crippen molar-refractivity contribution in [3.05, 3.63) is 89.5 Å². The molecule has 1 N–H and O–H groups in total. The molecule has 1 aliphatic heterocycles. The third kappa shape index (κ3) is 4.27. The molecule has 1 aliphatic rings. The van der Waals surface area contributed by atoms with Gasteiger partial charge in [0.05, 0.1) is 5.56 Å². The first-order valence-corrected chi connectivity index (χ1v) is 10.9. The average molecular weight is 454 g/mol. The Hall–Kier alpha value is -3.48. The van der Waals surface area contributed by atoms with Crippen LogP contribution in [0.2, 0.25) is 0 Å². The number of amidine groups is 1. The van der Waals surface area contributed by atoms with Crippen LogP contribution >= 0.6 is 0 Å². The molecular weight excluding hydrogens is 427 g/mol. The number of rotatable bonds is 5. The summed E-state index contributed by atoms with van der Waals surface area (Å²) in [6.45, 7) is 7.27. The van der Waals surface area contributed by atoms with Gasteiger partial charge in [-0.25, -0.2) is 4.99 Å². The molecule has 33 heavy (non-hydrogen) atoms. The lowest BCUT2D eigenvalue weighted by Crippen LogP contribution is -2.49. The van der Waals surface area contributed by atoms with E-state index in [1.54, 1.807) is 36.4 Å². The highest BCUT2D eigenvalue weighted by molar-refractivity contribution is 6.11. The van der Waals surface area contributed by atoms with Crippen molar-refractivity contribution in [2.45, 2.75) is 32.7 Å². The van der Waals surface area contributed by atoms with Crippen LogP contribution in [-0.4, -0.2) is 25.1 Å². The zero-order chi connectivity index (χ0) is 23.6. The summed E-state index contributed by atoms with van der Waals surface area (Å²) in [6, 6.07) is 20.4. The highest BCUT2D eigenvalue weighted by atomic mass is 19.4. The SMILES string of the molecule is CCN(CC)c1ccc2c(c1)OC(c1ccc(C)cc1)(C(F)(F)F)N=C2Nc1ccccc1. The fourth-order valence-electron chi connectivity index (χ4n) is 3.92. The summed E-state index contributed by atoms with van der Waals surface area (Å²) in [5, 5.41) is 3.08. The number of ether oxygens (including phenoxy) is 1. The van der Waals surface area contributed by atoms with Crippen LogP contribution in [0, 0.1) is 6.92 Å². The minimum absolute atomic E-state index is 0.0770. The quantitative estimate of drug-likeness (QED) is 0.479. The van der Waals surface area contributed by atoms with Gasteiger partial charge in [-0.05, 0) is 45.0 Å². The van der Waals surface area contributed by atoms with Crippen molar-refractivity contribution in [3.8, 4) is 5.75 Å². The van der Waals surface area contributed by atoms with Crippen molar-refractivity contribution < 1.29 is 17.9 Å². The number of aliphatic imine (C=N–C) groups is 1. The monoisotopic (exact) mass is 453 g/mol. The van der Waals surface area contributed by atoms with Gasteiger partial charge in [0.1, 0.15) is 11.6 Å². The molecule has 0 fully saturated rings. The van der Waals surface area contributed by atoms with E-state index in [-0.39, 0.29) is 17.1 Å². The number of halogens is 3. The van der Waals surface area contributed by atoms with Crippen LogP contribution in [0.25, 0.3) is 0 Å². The summed E-state index contributed by atoms with van der Waals surface area (Å²) in [5.41, 5.74) is -0.194. The van der Waals surface area contributed by atoms with Gasteiger partial charge >= 0.3 is 11.9 Å². The molecule has 0 aromatic heterocycles. The van der Waals surface area contributed by atoms with Gasteiger partial charge in [0.2, 0.25) is 0 Å². The zero-order valence-corrected chi connectivity index (χ0v) is 18.8. The van der Waals surface area contributed by atoms with E-state index in [9.17, 15) is 13.2 Å². The molecule has 7 heteroatoms. The van der Waals surface area contributed by atoms with Crippen molar-refractivity contribution in [1.82, 2.24) is 0 Å². The molecule has 1 unspecified atom stereocenters. The first kappa shape index (κ1) is 22.7. The second-order valence-corrected chi connectivity index (χ2v) is 7.91. The molecule has 0 saturated carbocycles. The average Bonchev–Trinajstić information content (AvgIpc) is 2.80. The molecule has 4 nitrogen and oxygen atoms in total. The van der Waals surface area contributed by atoms with Gasteiger partial charge < -0.3 is 15.0 Å². The zero-order valence-electron chi connectivity index (χ0n) is 18.8. The second-order valence-electron chi connectivity index (χ2n) is 7.91. The standard InChI is InChI=1S/C26H26F3N3O/c1-4-32(5-2)21-15-16-22-23(17-21)33-25(26(27,28)29,19-13-11-18(3)12-14-19)31-24(22)30-20-9-7-6-8-10-20/h6-17H,4-5H2,1-3H3,(H,30,31). The van der Waals surface area contributed by atoms with Gasteiger partial charge in [-0.3, -0.25) is 0 Å². The van der Waals surface area contributed by atoms with Crippen LogP contribution in [0.5, 0.6) is 5.75 Å². The molecular formula is C26H26F3N3O. The molecule has 3 aromatic carbocycles. The predicted molar refractivity (Wildman–Crippen MR) is 126 cm³/mol. The predicted octanol–water partition coefficient (Wildman–Crippen LogP) is 6.51. The number of nitrogens with zero attached hydrogens (tertiary/aromatic N) is 2. The summed E-state index contributed by atoms with van der Waals surface area (Å²) < 4.78 is 49.9. The Morgan fingerprint density at radius 1 is 0.939 bits per heavy atom. The lowest BCUT2D eigenvalue weighted by molar-refractivity contribution is -0.252. The highest BCUT2D eigenvalue weighted by Gasteiger charge is 2.61. The Bertz CT molecular complexity index is 1140. The Morgan fingerprint density at radius 3 is 2.21 bits per heavy atom. The Labute approximate surface area is 191 Å². The minimum Gasteiger partial charge on any atom is -0.452 e. The van der Waals surface area contributed by atoms with Crippen LogP contribution in [0.4, 0.5) is 24.5 Å². The Balaban J connectivity index is 1.92. The second kappa shape index (κ2) is 8.81. The van der Waals surface area contributed by atoms with E-state index >= 15 is 0 Å². The first-order valence-electron chi connectivity index (χ1n) is 10.9. The van der Waals surface area contributed by atoms with Crippen molar-refractivity contribution in [3.63, 3.8) is 0 Å². The van der Waals surface area contributed by atoms with Crippen LogP contribution < -0.4 is 15.0 Å². The van der Waals surface area contributed by atoms with E-state index in [1.165, 1.54) is 12.1 Å². The number of fused-ring (bicyclic) bond motifs is 1. The molecule has 0 spiro atoms. The van der Waals surface area contributed by atoms with E-state index in [2.05, 4.69) is 15.2 Å². The van der Waals surface area contributed by atoms with Gasteiger partial charge in [-0.1, -0.05) is 48.0 Å². The number of aryl methyl sites for hydroxylation is 1. The van der Waals surface area contributed by atoms with Crippen molar-refractivity contribution in [1.29, 1.82) is 0 Å². The van der Waals surface area contributed by atoms with E-state index in [0.717, 1.165) is 24.3 Å². The van der Waals surface area contributed by atoms with Crippen molar-refractivity contribution in [2.75, 3.05) is 23.3 Å². The fourth-order valence-corrected chi connectivity index (χ4v) is 3.92. The van der Waals surface area contributed by atoms with Crippen LogP contribution in [-0.2, 0) is 5.72 Å². The molecule has 0 radical (unpaired) electrons. The van der Waals surface area contributed by atoms with Crippen LogP contribution in [0.3, 0.4) is 0 Å². The van der Waals surface area contributed by atoms with Gasteiger partial charge in [-0.2, -0.15) is 13.2 Å². The molecule has 1 atom stereocenters. The summed E-state index contributed by atoms with van der Waals surface area (Å²) in [6.07, 6.45) is -4.80. The summed E-state index contributed by atoms with van der Waals surface area (Å²) in [7, 11) is 0. The van der Waals surface area contributed by atoms with Crippen LogP contribution in [0.15, 0.2) is 77.8 Å². The Morgan fingerprint density at radius 2 is 1.61 bits per heavy atom. The van der Waals surface area contributed by atoms with E-state index in [1.807, 2.05) is 45.0 Å². The number of hydrogen-bond donors (Lipinski definition) is 1. The number of nitrogens with one attached hydrogen (secondary N) is 1. The van der Waals surface area contributed by atoms with E-state index in [4.69, 9.17) is 4.74 Å². The number of hydrogen-bond acceptors (Lipinski definition) is 4.